The van der Waals surface area contributed by atoms with Crippen molar-refractivity contribution in [3.63, 3.8) is 0 Å². The molecule has 0 fully saturated rings. The maximum absolute atomic E-state index is 11.7. The van der Waals surface area contributed by atoms with Gasteiger partial charge in [-0.15, -0.1) is 0 Å². The Kier molecular flexibility index (Phi) is 4.88. The Morgan fingerprint density at radius 2 is 2.11 bits per heavy atom. The van der Waals surface area contributed by atoms with Crippen molar-refractivity contribution < 1.29 is 13.2 Å². The van der Waals surface area contributed by atoms with Crippen LogP contribution in [0.3, 0.4) is 0 Å². The lowest BCUT2D eigenvalue weighted by molar-refractivity contribution is 0.0949. The Hall–Kier alpha value is -1.38. The van der Waals surface area contributed by atoms with Crippen molar-refractivity contribution in [2.45, 2.75) is 0 Å². The summed E-state index contributed by atoms with van der Waals surface area (Å²) in [5.74, 6) is -0.332. The van der Waals surface area contributed by atoms with Gasteiger partial charge in [0.2, 0.25) is 10.0 Å². The number of aromatic nitrogens is 1. The number of carbonyl (C=O) groups excluding carboxylic acids is 1. The fourth-order valence-electron chi connectivity index (χ4n) is 1.11. The van der Waals surface area contributed by atoms with Crippen molar-refractivity contribution in [1.82, 2.24) is 15.0 Å². The molecule has 1 amide bonds. The molecule has 9 heteroatoms. The first-order valence-electron chi connectivity index (χ1n) is 4.94. The van der Waals surface area contributed by atoms with E-state index in [2.05, 4.69) is 15.0 Å². The number of nitrogen functional groups attached to an aromatic ring is 1. The summed E-state index contributed by atoms with van der Waals surface area (Å²) in [6.07, 6.45) is 1.03. The highest BCUT2D eigenvalue weighted by Crippen LogP contribution is 2.14. The third-order valence-electron chi connectivity index (χ3n) is 1.86. The van der Waals surface area contributed by atoms with Gasteiger partial charge in [-0.3, -0.25) is 4.79 Å². The predicted molar refractivity (Wildman–Crippen MR) is 68.8 cm³/mol. The summed E-state index contributed by atoms with van der Waals surface area (Å²) < 4.78 is 23.8. The van der Waals surface area contributed by atoms with Gasteiger partial charge in [0, 0.05) is 13.1 Å². The molecule has 1 rings (SSSR count). The third kappa shape index (κ3) is 4.86. The smallest absolute Gasteiger partial charge is 0.271 e. The summed E-state index contributed by atoms with van der Waals surface area (Å²) in [5.41, 5.74) is 5.45. The number of halogens is 1. The van der Waals surface area contributed by atoms with E-state index >= 15 is 0 Å². The van der Waals surface area contributed by atoms with E-state index < -0.39 is 15.9 Å². The summed E-state index contributed by atoms with van der Waals surface area (Å²) in [4.78, 5) is 15.4. The Balaban J connectivity index is 2.53. The molecular formula is C9H13ClN4O3S. The molecular weight excluding hydrogens is 280 g/mol. The minimum atomic E-state index is -3.26. The molecule has 0 saturated heterocycles. The zero-order valence-corrected chi connectivity index (χ0v) is 11.2. The van der Waals surface area contributed by atoms with Crippen molar-refractivity contribution in [2.75, 3.05) is 25.1 Å². The molecule has 18 heavy (non-hydrogen) atoms. The van der Waals surface area contributed by atoms with Crippen molar-refractivity contribution >= 4 is 33.3 Å². The van der Waals surface area contributed by atoms with Gasteiger partial charge in [0.15, 0.2) is 0 Å². The number of pyridine rings is 1. The number of anilines is 1. The summed E-state index contributed by atoms with van der Waals surface area (Å²) in [6.45, 7) is 0.212. The monoisotopic (exact) mass is 292 g/mol. The number of nitrogens with two attached hydrogens (primary N) is 1. The van der Waals surface area contributed by atoms with E-state index in [0.717, 1.165) is 6.26 Å². The number of carbonyl (C=O) groups is 1. The van der Waals surface area contributed by atoms with E-state index in [-0.39, 0.29) is 29.6 Å². The molecule has 4 N–H and O–H groups in total. The quantitative estimate of drug-likeness (QED) is 0.639. The lowest BCUT2D eigenvalue weighted by Crippen LogP contribution is -2.34. The average Bonchev–Trinajstić information content (AvgIpc) is 2.26. The first kappa shape index (κ1) is 14.7. The van der Waals surface area contributed by atoms with E-state index in [4.69, 9.17) is 17.3 Å². The van der Waals surface area contributed by atoms with Crippen LogP contribution in [-0.4, -0.2) is 38.7 Å². The minimum Gasteiger partial charge on any atom is -0.384 e. The van der Waals surface area contributed by atoms with Gasteiger partial charge in [0.25, 0.3) is 5.91 Å². The Labute approximate surface area is 110 Å². The second kappa shape index (κ2) is 5.98. The molecule has 0 saturated carbocycles. The zero-order chi connectivity index (χ0) is 13.8. The van der Waals surface area contributed by atoms with Gasteiger partial charge in [-0.25, -0.2) is 18.1 Å². The fourth-order valence-corrected chi connectivity index (χ4v) is 1.78. The van der Waals surface area contributed by atoms with Crippen molar-refractivity contribution in [1.29, 1.82) is 0 Å². The van der Waals surface area contributed by atoms with Crippen LogP contribution in [0.2, 0.25) is 5.02 Å². The number of nitrogens with zero attached hydrogens (tertiary/aromatic N) is 1. The fraction of sp³-hybridized carbons (Fsp3) is 0.333. The molecule has 1 aromatic heterocycles. The first-order chi connectivity index (χ1) is 8.29. The summed E-state index contributed by atoms with van der Waals surface area (Å²) in [5, 5.41) is 2.65. The van der Waals surface area contributed by atoms with Crippen LogP contribution in [0, 0.1) is 0 Å². The first-order valence-corrected chi connectivity index (χ1v) is 7.21. The maximum atomic E-state index is 11.7. The SMILES string of the molecule is CS(=O)(=O)NCCNC(=O)c1nc(N)ccc1Cl. The molecule has 0 aliphatic heterocycles. The molecule has 0 aliphatic rings. The van der Waals surface area contributed by atoms with Crippen molar-refractivity contribution in [2.24, 2.45) is 0 Å². The van der Waals surface area contributed by atoms with Crippen LogP contribution >= 0.6 is 11.6 Å². The van der Waals surface area contributed by atoms with Gasteiger partial charge < -0.3 is 11.1 Å². The summed E-state index contributed by atoms with van der Waals surface area (Å²) in [7, 11) is -3.26. The normalized spacial score (nSPS) is 11.2. The molecule has 1 aromatic rings. The Bertz CT molecular complexity index is 547. The topological polar surface area (TPSA) is 114 Å². The van der Waals surface area contributed by atoms with Gasteiger partial charge in [-0.1, -0.05) is 11.6 Å². The second-order valence-corrected chi connectivity index (χ2v) is 5.73. The van der Waals surface area contributed by atoms with E-state index in [9.17, 15) is 13.2 Å². The van der Waals surface area contributed by atoms with Crippen LogP contribution in [0.5, 0.6) is 0 Å². The second-order valence-electron chi connectivity index (χ2n) is 3.49. The molecule has 0 atom stereocenters. The van der Waals surface area contributed by atoms with E-state index in [0.29, 0.717) is 0 Å². The van der Waals surface area contributed by atoms with Gasteiger partial charge in [-0.2, -0.15) is 0 Å². The molecule has 0 aliphatic carbocycles. The Morgan fingerprint density at radius 1 is 1.44 bits per heavy atom. The largest absolute Gasteiger partial charge is 0.384 e. The standard InChI is InChI=1S/C9H13ClN4O3S/c1-18(16,17)13-5-4-12-9(15)8-6(10)2-3-7(11)14-8/h2-3,13H,4-5H2,1H3,(H2,11,14)(H,12,15). The van der Waals surface area contributed by atoms with E-state index in [1.807, 2.05) is 0 Å². The van der Waals surface area contributed by atoms with Crippen LogP contribution in [-0.2, 0) is 10.0 Å². The molecule has 0 spiro atoms. The number of sulfonamides is 1. The van der Waals surface area contributed by atoms with Crippen molar-refractivity contribution in [3.8, 4) is 0 Å². The molecule has 0 bridgehead atoms. The molecule has 100 valence electrons. The Morgan fingerprint density at radius 3 is 2.72 bits per heavy atom. The third-order valence-corrected chi connectivity index (χ3v) is 2.89. The summed E-state index contributed by atoms with van der Waals surface area (Å²) in [6, 6.07) is 2.94. The van der Waals surface area contributed by atoms with Gasteiger partial charge >= 0.3 is 0 Å². The van der Waals surface area contributed by atoms with E-state index in [1.165, 1.54) is 12.1 Å². The minimum absolute atomic E-state index is 0.0102. The highest BCUT2D eigenvalue weighted by atomic mass is 35.5. The molecule has 0 radical (unpaired) electrons. The molecule has 0 unspecified atom stereocenters. The number of hydrogen-bond donors (Lipinski definition) is 3. The van der Waals surface area contributed by atoms with Crippen LogP contribution in [0.1, 0.15) is 10.5 Å². The van der Waals surface area contributed by atoms with Crippen LogP contribution < -0.4 is 15.8 Å². The lowest BCUT2D eigenvalue weighted by Gasteiger charge is -2.06. The van der Waals surface area contributed by atoms with Crippen molar-refractivity contribution in [3.05, 3.63) is 22.8 Å². The van der Waals surface area contributed by atoms with Gasteiger partial charge in [-0.05, 0) is 12.1 Å². The highest BCUT2D eigenvalue weighted by molar-refractivity contribution is 7.88. The number of nitrogens with one attached hydrogen (secondary N) is 2. The van der Waals surface area contributed by atoms with Crippen LogP contribution in [0.15, 0.2) is 12.1 Å². The van der Waals surface area contributed by atoms with E-state index in [1.54, 1.807) is 0 Å². The number of hydrogen-bond acceptors (Lipinski definition) is 5. The van der Waals surface area contributed by atoms with Crippen LogP contribution in [0.25, 0.3) is 0 Å². The van der Waals surface area contributed by atoms with Crippen LogP contribution in [0.4, 0.5) is 5.82 Å². The van der Waals surface area contributed by atoms with Gasteiger partial charge in [0.1, 0.15) is 11.5 Å². The highest BCUT2D eigenvalue weighted by Gasteiger charge is 2.12. The molecule has 1 heterocycles. The maximum Gasteiger partial charge on any atom is 0.271 e. The zero-order valence-electron chi connectivity index (χ0n) is 9.60. The number of rotatable bonds is 5. The molecule has 0 aromatic carbocycles. The predicted octanol–water partition coefficient (Wildman–Crippen LogP) is -0.404. The average molecular weight is 293 g/mol. The molecule has 7 nitrogen and oxygen atoms in total. The number of amides is 1. The lowest BCUT2D eigenvalue weighted by atomic mass is 10.3. The summed E-state index contributed by atoms with van der Waals surface area (Å²) >= 11 is 5.79. The van der Waals surface area contributed by atoms with Gasteiger partial charge in [0.05, 0.1) is 11.3 Å².